The number of hydrogen-bond acceptors (Lipinski definition) is 3. The van der Waals surface area contributed by atoms with Crippen LogP contribution in [-0.2, 0) is 13.0 Å². The number of aromatic nitrogens is 1. The zero-order valence-electron chi connectivity index (χ0n) is 14.4. The molecule has 3 heteroatoms. The van der Waals surface area contributed by atoms with Gasteiger partial charge in [-0.15, -0.1) is 0 Å². The molecule has 0 unspecified atom stereocenters. The molecule has 3 aromatic rings. The molecule has 0 atom stereocenters. The number of hydrogen-bond donors (Lipinski definition) is 1. The van der Waals surface area contributed by atoms with Crippen molar-refractivity contribution in [3.8, 4) is 6.07 Å². The second kappa shape index (κ2) is 6.43. The molecule has 0 spiro atoms. The summed E-state index contributed by atoms with van der Waals surface area (Å²) in [6.45, 7) is 6.57. The van der Waals surface area contributed by atoms with E-state index < -0.39 is 0 Å². The third-order valence-corrected chi connectivity index (χ3v) is 4.64. The maximum Gasteiger partial charge on any atom is 0.101 e. The van der Waals surface area contributed by atoms with Crippen LogP contribution < -0.4 is 5.73 Å². The number of nitriles is 1. The lowest BCUT2D eigenvalue weighted by molar-refractivity contribution is 1.03. The van der Waals surface area contributed by atoms with Crippen molar-refractivity contribution in [2.24, 2.45) is 5.73 Å². The van der Waals surface area contributed by atoms with Crippen LogP contribution in [-0.4, -0.2) is 4.98 Å². The maximum absolute atomic E-state index is 9.65. The van der Waals surface area contributed by atoms with Crippen molar-refractivity contribution in [2.45, 2.75) is 33.7 Å². The summed E-state index contributed by atoms with van der Waals surface area (Å²) in [6, 6.07) is 14.8. The Bertz CT molecular complexity index is 948. The van der Waals surface area contributed by atoms with E-state index in [2.05, 4.69) is 50.2 Å². The van der Waals surface area contributed by atoms with E-state index in [1.807, 2.05) is 13.0 Å². The van der Waals surface area contributed by atoms with Crippen molar-refractivity contribution in [3.05, 3.63) is 75.5 Å². The van der Waals surface area contributed by atoms with Gasteiger partial charge in [-0.05, 0) is 43.0 Å². The van der Waals surface area contributed by atoms with Gasteiger partial charge < -0.3 is 5.73 Å². The highest BCUT2D eigenvalue weighted by Gasteiger charge is 2.15. The molecule has 0 saturated carbocycles. The average molecular weight is 315 g/mol. The molecule has 0 aliphatic carbocycles. The van der Waals surface area contributed by atoms with Gasteiger partial charge in [-0.25, -0.2) is 0 Å². The van der Waals surface area contributed by atoms with Crippen molar-refractivity contribution >= 4 is 10.9 Å². The summed E-state index contributed by atoms with van der Waals surface area (Å²) < 4.78 is 0. The van der Waals surface area contributed by atoms with Crippen LogP contribution in [0.15, 0.2) is 36.4 Å². The summed E-state index contributed by atoms with van der Waals surface area (Å²) in [5, 5.41) is 10.7. The zero-order valence-corrected chi connectivity index (χ0v) is 14.4. The molecule has 0 amide bonds. The van der Waals surface area contributed by atoms with Crippen LogP contribution in [0.2, 0.25) is 0 Å². The lowest BCUT2D eigenvalue weighted by atomic mass is 9.95. The summed E-state index contributed by atoms with van der Waals surface area (Å²) in [7, 11) is 0. The van der Waals surface area contributed by atoms with Gasteiger partial charge in [0.1, 0.15) is 6.07 Å². The molecule has 1 heterocycles. The summed E-state index contributed by atoms with van der Waals surface area (Å²) in [6.07, 6.45) is 0.651. The molecule has 24 heavy (non-hydrogen) atoms. The predicted molar refractivity (Wildman–Crippen MR) is 97.8 cm³/mol. The Kier molecular flexibility index (Phi) is 4.33. The third kappa shape index (κ3) is 2.77. The standard InChI is InChI=1S/C21H21N3/c1-13-4-7-16(8-5-13)10-20-19(12-23)15(3)17-9-6-14(2)18(11-22)21(17)24-20/h4-9H,10-11,22H2,1-3H3. The van der Waals surface area contributed by atoms with E-state index in [1.165, 1.54) is 5.56 Å². The van der Waals surface area contributed by atoms with E-state index in [0.717, 1.165) is 38.9 Å². The maximum atomic E-state index is 9.65. The third-order valence-electron chi connectivity index (χ3n) is 4.64. The van der Waals surface area contributed by atoms with Gasteiger partial charge >= 0.3 is 0 Å². The Labute approximate surface area is 142 Å². The number of fused-ring (bicyclic) bond motifs is 1. The van der Waals surface area contributed by atoms with Crippen molar-refractivity contribution in [3.63, 3.8) is 0 Å². The van der Waals surface area contributed by atoms with Gasteiger partial charge in [-0.3, -0.25) is 4.98 Å². The van der Waals surface area contributed by atoms with Crippen molar-refractivity contribution < 1.29 is 0 Å². The SMILES string of the molecule is Cc1ccc(Cc2nc3c(CN)c(C)ccc3c(C)c2C#N)cc1. The number of pyridine rings is 1. The zero-order chi connectivity index (χ0) is 17.3. The van der Waals surface area contributed by atoms with Gasteiger partial charge in [-0.2, -0.15) is 5.26 Å². The van der Waals surface area contributed by atoms with Crippen LogP contribution in [0.1, 0.15) is 39.1 Å². The average Bonchev–Trinajstić information content (AvgIpc) is 2.57. The van der Waals surface area contributed by atoms with Crippen molar-refractivity contribution in [1.29, 1.82) is 5.26 Å². The molecule has 2 aromatic carbocycles. The first kappa shape index (κ1) is 16.2. The molecule has 0 aliphatic heterocycles. The molecule has 1 aromatic heterocycles. The van der Waals surface area contributed by atoms with E-state index >= 15 is 0 Å². The fourth-order valence-corrected chi connectivity index (χ4v) is 3.14. The minimum atomic E-state index is 0.450. The largest absolute Gasteiger partial charge is 0.326 e. The van der Waals surface area contributed by atoms with Crippen LogP contribution in [0.4, 0.5) is 0 Å². The van der Waals surface area contributed by atoms with Crippen molar-refractivity contribution in [1.82, 2.24) is 4.98 Å². The molecule has 2 N–H and O–H groups in total. The predicted octanol–water partition coefficient (Wildman–Crippen LogP) is 4.08. The summed E-state index contributed by atoms with van der Waals surface area (Å²) in [4.78, 5) is 4.85. The van der Waals surface area contributed by atoms with E-state index in [0.29, 0.717) is 18.5 Å². The second-order valence-electron chi connectivity index (χ2n) is 6.29. The van der Waals surface area contributed by atoms with Gasteiger partial charge in [0.05, 0.1) is 16.8 Å². The smallest absolute Gasteiger partial charge is 0.101 e. The second-order valence-corrected chi connectivity index (χ2v) is 6.29. The monoisotopic (exact) mass is 315 g/mol. The van der Waals surface area contributed by atoms with E-state index in [-0.39, 0.29) is 0 Å². The molecule has 0 saturated heterocycles. The van der Waals surface area contributed by atoms with Crippen LogP contribution >= 0.6 is 0 Å². The Morgan fingerprint density at radius 2 is 1.75 bits per heavy atom. The first-order chi connectivity index (χ1) is 11.5. The topological polar surface area (TPSA) is 62.7 Å². The molecule has 0 radical (unpaired) electrons. The van der Waals surface area contributed by atoms with Gasteiger partial charge in [0.25, 0.3) is 0 Å². The summed E-state index contributed by atoms with van der Waals surface area (Å²) in [5.41, 5.74) is 14.0. The van der Waals surface area contributed by atoms with Gasteiger partial charge in [0.15, 0.2) is 0 Å². The highest BCUT2D eigenvalue weighted by Crippen LogP contribution is 2.28. The first-order valence-corrected chi connectivity index (χ1v) is 8.12. The van der Waals surface area contributed by atoms with Gasteiger partial charge in [0, 0.05) is 18.4 Å². The lowest BCUT2D eigenvalue weighted by Crippen LogP contribution is -2.06. The number of benzene rings is 2. The molecule has 3 rings (SSSR count). The fraction of sp³-hybridized carbons (Fsp3) is 0.238. The Morgan fingerprint density at radius 3 is 2.38 bits per heavy atom. The van der Waals surface area contributed by atoms with Crippen LogP contribution in [0.3, 0.4) is 0 Å². The number of aryl methyl sites for hydroxylation is 3. The summed E-state index contributed by atoms with van der Waals surface area (Å²) >= 11 is 0. The highest BCUT2D eigenvalue weighted by molar-refractivity contribution is 5.88. The number of nitrogens with two attached hydrogens (primary N) is 1. The Balaban J connectivity index is 2.23. The molecule has 120 valence electrons. The fourth-order valence-electron chi connectivity index (χ4n) is 3.14. The first-order valence-electron chi connectivity index (χ1n) is 8.12. The van der Waals surface area contributed by atoms with E-state index in [1.54, 1.807) is 0 Å². The summed E-state index contributed by atoms with van der Waals surface area (Å²) in [5.74, 6) is 0. The molecule has 0 aliphatic rings. The Morgan fingerprint density at radius 1 is 1.04 bits per heavy atom. The molecule has 3 nitrogen and oxygen atoms in total. The normalized spacial score (nSPS) is 10.8. The van der Waals surface area contributed by atoms with Crippen molar-refractivity contribution in [2.75, 3.05) is 0 Å². The minimum absolute atomic E-state index is 0.450. The molecule has 0 fully saturated rings. The van der Waals surface area contributed by atoms with E-state index in [4.69, 9.17) is 10.7 Å². The van der Waals surface area contributed by atoms with Gasteiger partial charge in [0.2, 0.25) is 0 Å². The minimum Gasteiger partial charge on any atom is -0.326 e. The highest BCUT2D eigenvalue weighted by atomic mass is 14.7. The van der Waals surface area contributed by atoms with Gasteiger partial charge in [-0.1, -0.05) is 42.0 Å². The van der Waals surface area contributed by atoms with Crippen LogP contribution in [0.5, 0.6) is 0 Å². The number of nitrogens with zero attached hydrogens (tertiary/aromatic N) is 2. The van der Waals surface area contributed by atoms with Crippen LogP contribution in [0.25, 0.3) is 10.9 Å². The molecule has 0 bridgehead atoms. The Hall–Kier alpha value is -2.70. The molecular formula is C21H21N3. The number of rotatable bonds is 3. The van der Waals surface area contributed by atoms with E-state index in [9.17, 15) is 5.26 Å². The van der Waals surface area contributed by atoms with Crippen LogP contribution in [0, 0.1) is 32.1 Å². The lowest BCUT2D eigenvalue weighted by Gasteiger charge is -2.14. The molecular weight excluding hydrogens is 294 g/mol. The quantitative estimate of drug-likeness (QED) is 0.792.